The van der Waals surface area contributed by atoms with E-state index in [0.29, 0.717) is 70.4 Å². The van der Waals surface area contributed by atoms with Crippen molar-refractivity contribution in [3.63, 3.8) is 0 Å². The molecule has 2 N–H and O–H groups in total. The number of thioether (sulfide) groups is 1. The van der Waals surface area contributed by atoms with E-state index in [-0.39, 0.29) is 36.7 Å². The van der Waals surface area contributed by atoms with Crippen molar-refractivity contribution >= 4 is 29.7 Å². The van der Waals surface area contributed by atoms with Gasteiger partial charge in [0.15, 0.2) is 40.0 Å². The Hall–Kier alpha value is -5.21. The zero-order chi connectivity index (χ0) is 40.9. The highest BCUT2D eigenvalue weighted by molar-refractivity contribution is 7.99. The van der Waals surface area contributed by atoms with Crippen LogP contribution in [-0.4, -0.2) is 97.9 Å². The van der Waals surface area contributed by atoms with E-state index in [2.05, 4.69) is 21.2 Å². The van der Waals surface area contributed by atoms with Crippen molar-refractivity contribution in [2.75, 3.05) is 47.0 Å². The molecule has 7 heterocycles. The Balaban J connectivity index is 1.35. The molecule has 2 saturated heterocycles. The molecule has 0 aliphatic carbocycles. The summed E-state index contributed by atoms with van der Waals surface area (Å²) in [6, 6.07) is 5.11. The van der Waals surface area contributed by atoms with Gasteiger partial charge < -0.3 is 38.3 Å². The van der Waals surface area contributed by atoms with Crippen LogP contribution < -0.4 is 33.7 Å². The molecule has 7 atom stereocenters. The molecule has 1 unspecified atom stereocenters. The first-order chi connectivity index (χ1) is 27.8. The molecule has 16 heteroatoms. The SMILES string of the molecule is COc1cc2c(cc1O)CCN[C@]21CS[C@@H]2c3c(OC(C)=O)c(C)c4c(c3[C@H](COC1=O)N1C2[C@H]2c3c(cc(C)c(OC)c3OC(C)=O)C[C@@H]([C@@H]1C#N)N2C)OCO4. The number of hydrogen-bond acceptors (Lipinski definition) is 16. The van der Waals surface area contributed by atoms with Gasteiger partial charge in [0.25, 0.3) is 0 Å². The molecule has 4 bridgehead atoms. The molecule has 0 saturated carbocycles. The van der Waals surface area contributed by atoms with Gasteiger partial charge in [0.2, 0.25) is 6.79 Å². The lowest BCUT2D eigenvalue weighted by atomic mass is 9.71. The number of carbonyl (C=O) groups excluding carboxylic acids is 3. The number of aromatic hydroxyl groups is 1. The number of likely N-dealkylation sites (N-methyl/N-ethyl adjacent to an activating group) is 1. The van der Waals surface area contributed by atoms with Gasteiger partial charge in [-0.1, -0.05) is 6.07 Å². The van der Waals surface area contributed by atoms with Gasteiger partial charge in [-0.15, -0.1) is 11.8 Å². The number of phenols is 1. The number of benzene rings is 3. The summed E-state index contributed by atoms with van der Waals surface area (Å²) in [5, 5.41) is 24.9. The average molecular weight is 813 g/mol. The normalized spacial score (nSPS) is 27.9. The molecular weight excluding hydrogens is 769 g/mol. The third-order valence-electron chi connectivity index (χ3n) is 12.7. The van der Waals surface area contributed by atoms with Crippen LogP contribution in [0.3, 0.4) is 0 Å². The number of methoxy groups -OCH3 is 2. The third-order valence-corrected chi connectivity index (χ3v) is 14.1. The summed E-state index contributed by atoms with van der Waals surface area (Å²) in [5.74, 6) is 0.662. The van der Waals surface area contributed by atoms with Crippen molar-refractivity contribution in [2.45, 2.75) is 81.5 Å². The Morgan fingerprint density at radius 3 is 2.43 bits per heavy atom. The van der Waals surface area contributed by atoms with Crippen LogP contribution in [0.1, 0.15) is 75.7 Å². The van der Waals surface area contributed by atoms with Crippen molar-refractivity contribution < 1.29 is 52.6 Å². The van der Waals surface area contributed by atoms with Crippen LogP contribution in [0.4, 0.5) is 0 Å². The van der Waals surface area contributed by atoms with Crippen molar-refractivity contribution in [2.24, 2.45) is 0 Å². The Labute approximate surface area is 339 Å². The monoisotopic (exact) mass is 812 g/mol. The van der Waals surface area contributed by atoms with Crippen LogP contribution >= 0.6 is 11.8 Å². The largest absolute Gasteiger partial charge is 0.504 e. The molecule has 7 aliphatic rings. The molecule has 0 radical (unpaired) electrons. The third kappa shape index (κ3) is 5.39. The van der Waals surface area contributed by atoms with Gasteiger partial charge in [0.05, 0.1) is 37.6 Å². The van der Waals surface area contributed by atoms with Crippen molar-refractivity contribution in [1.29, 1.82) is 5.26 Å². The fourth-order valence-corrected chi connectivity index (χ4v) is 12.1. The van der Waals surface area contributed by atoms with E-state index in [4.69, 9.17) is 33.2 Å². The van der Waals surface area contributed by atoms with Gasteiger partial charge in [-0.05, 0) is 68.1 Å². The molecule has 7 aliphatic heterocycles. The van der Waals surface area contributed by atoms with Gasteiger partial charge in [-0.2, -0.15) is 5.26 Å². The minimum Gasteiger partial charge on any atom is -0.504 e. The maximum atomic E-state index is 14.8. The van der Waals surface area contributed by atoms with Gasteiger partial charge in [0.1, 0.15) is 18.4 Å². The number of hydrogen-bond donors (Lipinski definition) is 2. The summed E-state index contributed by atoms with van der Waals surface area (Å²) < 4.78 is 42.5. The van der Waals surface area contributed by atoms with Crippen molar-refractivity contribution in [3.8, 4) is 46.3 Å². The summed E-state index contributed by atoms with van der Waals surface area (Å²) >= 11 is 1.47. The van der Waals surface area contributed by atoms with E-state index >= 15 is 0 Å². The number of nitriles is 1. The summed E-state index contributed by atoms with van der Waals surface area (Å²) in [5.41, 5.74) is 4.36. The van der Waals surface area contributed by atoms with Crippen LogP contribution in [0.25, 0.3) is 0 Å². The first-order valence-electron chi connectivity index (χ1n) is 19.2. The highest BCUT2D eigenvalue weighted by atomic mass is 32.2. The van der Waals surface area contributed by atoms with Gasteiger partial charge in [-0.3, -0.25) is 24.7 Å². The number of carbonyl (C=O) groups is 3. The average Bonchev–Trinajstić information content (AvgIpc) is 3.68. The molecule has 3 aromatic rings. The summed E-state index contributed by atoms with van der Waals surface area (Å²) in [6.45, 7) is 6.57. The van der Waals surface area contributed by atoms with E-state index in [9.17, 15) is 24.8 Å². The minimum atomic E-state index is -1.39. The molecule has 0 amide bonds. The van der Waals surface area contributed by atoms with E-state index in [0.717, 1.165) is 22.3 Å². The lowest BCUT2D eigenvalue weighted by Gasteiger charge is -2.62. The van der Waals surface area contributed by atoms with E-state index in [1.54, 1.807) is 19.2 Å². The molecule has 0 aromatic heterocycles. The second kappa shape index (κ2) is 14.0. The highest BCUT2D eigenvalue weighted by Crippen LogP contribution is 2.64. The first-order valence-corrected chi connectivity index (χ1v) is 20.3. The van der Waals surface area contributed by atoms with Crippen LogP contribution in [-0.2, 0) is 37.5 Å². The molecule has 1 spiro atoms. The summed E-state index contributed by atoms with van der Waals surface area (Å²) in [6.07, 6.45) is 1.01. The fourth-order valence-electron chi connectivity index (χ4n) is 10.4. The highest BCUT2D eigenvalue weighted by Gasteiger charge is 2.62. The van der Waals surface area contributed by atoms with Crippen LogP contribution in [0, 0.1) is 25.2 Å². The van der Waals surface area contributed by atoms with E-state index < -0.39 is 52.9 Å². The molecule has 58 heavy (non-hydrogen) atoms. The molecule has 2 fully saturated rings. The minimum absolute atomic E-state index is 0.0343. The lowest BCUT2D eigenvalue weighted by Crippen LogP contribution is -2.69. The zero-order valence-corrected chi connectivity index (χ0v) is 34.0. The van der Waals surface area contributed by atoms with Crippen molar-refractivity contribution in [1.82, 2.24) is 15.1 Å². The zero-order valence-electron chi connectivity index (χ0n) is 33.2. The predicted octanol–water partition coefficient (Wildman–Crippen LogP) is 4.21. The van der Waals surface area contributed by atoms with Crippen LogP contribution in [0.2, 0.25) is 0 Å². The number of piperazine rings is 1. The maximum Gasteiger partial charge on any atom is 0.331 e. The number of phenolic OH excluding ortho intramolecular Hbond substituents is 1. The number of ether oxygens (including phenoxy) is 7. The molecular formula is C42H44N4O11S. The number of rotatable bonds is 4. The maximum absolute atomic E-state index is 14.8. The Kier molecular flexibility index (Phi) is 9.23. The lowest BCUT2D eigenvalue weighted by molar-refractivity contribution is -0.157. The molecule has 3 aromatic carbocycles. The summed E-state index contributed by atoms with van der Waals surface area (Å²) in [4.78, 5) is 45.0. The van der Waals surface area contributed by atoms with Crippen molar-refractivity contribution in [3.05, 3.63) is 62.7 Å². The number of esters is 3. The number of nitrogens with zero attached hydrogens (tertiary/aromatic N) is 3. The Morgan fingerprint density at radius 2 is 1.72 bits per heavy atom. The summed E-state index contributed by atoms with van der Waals surface area (Å²) in [7, 11) is 4.99. The molecule has 15 nitrogen and oxygen atoms in total. The van der Waals surface area contributed by atoms with Gasteiger partial charge in [0, 0.05) is 60.5 Å². The quantitative estimate of drug-likeness (QED) is 0.283. The second-order valence-corrected chi connectivity index (χ2v) is 16.8. The number of aryl methyl sites for hydroxylation is 1. The standard InChI is InChI=1S/C42H44N4O11S/c1-18-10-23-11-25-26(14-43)46-27-15-53-41(50)42(24-13-29(51-6)28(49)12-22(24)8-9-44-42)16-58-40(32-31(27)38-37(54-17-55-38)19(2)36(32)56-20(3)47)34(46)33(45(25)5)30(23)39(35(18)52-7)57-21(4)48/h10,12-13,25-27,33-34,40,44,49H,8-9,11,15-17H2,1-7H3/t25-,26-,27-,33+,34?,40+,42+/m0/s1. The number of nitrogens with one attached hydrogen (secondary N) is 1. The van der Waals surface area contributed by atoms with Crippen LogP contribution in [0.5, 0.6) is 40.2 Å². The first kappa shape index (κ1) is 38.3. The van der Waals surface area contributed by atoms with Gasteiger partial charge in [-0.25, -0.2) is 4.79 Å². The molecule has 304 valence electrons. The van der Waals surface area contributed by atoms with Crippen LogP contribution in [0.15, 0.2) is 18.2 Å². The van der Waals surface area contributed by atoms with E-state index in [1.165, 1.54) is 32.7 Å². The smallest absolute Gasteiger partial charge is 0.331 e. The Morgan fingerprint density at radius 1 is 0.983 bits per heavy atom. The predicted molar refractivity (Wildman–Crippen MR) is 208 cm³/mol. The number of fused-ring (bicyclic) bond motifs is 9. The molecule has 10 rings (SSSR count). The van der Waals surface area contributed by atoms with E-state index in [1.807, 2.05) is 27.0 Å². The fraction of sp³-hybridized carbons (Fsp3) is 0.476. The Bertz CT molecular complexity index is 2350. The second-order valence-electron chi connectivity index (χ2n) is 15.7. The van der Waals surface area contributed by atoms with Gasteiger partial charge >= 0.3 is 17.9 Å². The topological polar surface area (TPSA) is 178 Å².